The zero-order chi connectivity index (χ0) is 14.5. The van der Waals surface area contributed by atoms with Crippen molar-refractivity contribution in [2.45, 2.75) is 6.04 Å². The second kappa shape index (κ2) is 6.87. The molecular weight excluding hydrogens is 288 g/mol. The first-order valence-electron chi connectivity index (χ1n) is 7.01. The molecule has 5 nitrogen and oxygen atoms in total. The molecule has 0 aromatic carbocycles. The van der Waals surface area contributed by atoms with Crippen LogP contribution < -0.4 is 5.32 Å². The van der Waals surface area contributed by atoms with Gasteiger partial charge in [-0.1, -0.05) is 0 Å². The average Bonchev–Trinajstić information content (AvgIpc) is 3.22. The summed E-state index contributed by atoms with van der Waals surface area (Å²) in [4.78, 5) is 14.4. The van der Waals surface area contributed by atoms with Gasteiger partial charge in [0.1, 0.15) is 5.76 Å². The molecule has 0 aliphatic carbocycles. The van der Waals surface area contributed by atoms with E-state index in [-0.39, 0.29) is 11.9 Å². The molecule has 1 N–H and O–H groups in total. The van der Waals surface area contributed by atoms with Crippen molar-refractivity contribution in [3.8, 4) is 0 Å². The van der Waals surface area contributed by atoms with Gasteiger partial charge in [-0.2, -0.15) is 11.8 Å². The highest BCUT2D eigenvalue weighted by Gasteiger charge is 2.25. The molecule has 1 unspecified atom stereocenters. The Morgan fingerprint density at radius 3 is 2.67 bits per heavy atom. The summed E-state index contributed by atoms with van der Waals surface area (Å²) in [5.74, 6) is 3.26. The number of rotatable bonds is 5. The van der Waals surface area contributed by atoms with Crippen molar-refractivity contribution in [1.29, 1.82) is 0 Å². The van der Waals surface area contributed by atoms with E-state index in [1.165, 1.54) is 6.26 Å². The molecule has 21 heavy (non-hydrogen) atoms. The fraction of sp³-hybridized carbons (Fsp3) is 0.400. The molecule has 0 spiro atoms. The summed E-state index contributed by atoms with van der Waals surface area (Å²) < 4.78 is 10.7. The topological polar surface area (TPSA) is 58.6 Å². The molecule has 1 fully saturated rings. The van der Waals surface area contributed by atoms with E-state index < -0.39 is 0 Å². The number of nitrogens with zero attached hydrogens (tertiary/aromatic N) is 1. The van der Waals surface area contributed by atoms with Crippen molar-refractivity contribution in [1.82, 2.24) is 10.2 Å². The van der Waals surface area contributed by atoms with E-state index in [9.17, 15) is 4.79 Å². The Labute approximate surface area is 127 Å². The van der Waals surface area contributed by atoms with Gasteiger partial charge in [-0.25, -0.2) is 0 Å². The maximum absolute atomic E-state index is 12.0. The van der Waals surface area contributed by atoms with Crippen LogP contribution >= 0.6 is 11.8 Å². The molecule has 1 amide bonds. The number of amides is 1. The number of hydrogen-bond donors (Lipinski definition) is 1. The number of furan rings is 2. The molecule has 112 valence electrons. The second-order valence-electron chi connectivity index (χ2n) is 4.87. The van der Waals surface area contributed by atoms with Gasteiger partial charge >= 0.3 is 0 Å². The minimum absolute atomic E-state index is 0.0693. The van der Waals surface area contributed by atoms with Crippen LogP contribution in [-0.2, 0) is 0 Å². The third-order valence-corrected chi connectivity index (χ3v) is 4.50. The van der Waals surface area contributed by atoms with E-state index in [4.69, 9.17) is 8.83 Å². The number of hydrogen-bond acceptors (Lipinski definition) is 5. The van der Waals surface area contributed by atoms with Crippen LogP contribution in [0.3, 0.4) is 0 Å². The molecule has 2 aromatic rings. The molecule has 2 aromatic heterocycles. The standard InChI is InChI=1S/C15H18N2O3S/c18-15(14-4-2-8-20-14)16-11-12(13-3-1-7-19-13)17-5-9-21-10-6-17/h1-4,7-8,12H,5-6,9-11H2,(H,16,18). The quantitative estimate of drug-likeness (QED) is 0.919. The Balaban J connectivity index is 1.66. The molecular formula is C15H18N2O3S. The first-order valence-corrected chi connectivity index (χ1v) is 8.17. The normalized spacial score (nSPS) is 17.5. The Bertz CT molecular complexity index is 548. The van der Waals surface area contributed by atoms with Crippen molar-refractivity contribution < 1.29 is 13.6 Å². The molecule has 3 heterocycles. The van der Waals surface area contributed by atoms with Crippen LogP contribution in [0.4, 0.5) is 0 Å². The van der Waals surface area contributed by atoms with Gasteiger partial charge in [0.2, 0.25) is 0 Å². The first kappa shape index (κ1) is 14.3. The summed E-state index contributed by atoms with van der Waals surface area (Å²) in [6.07, 6.45) is 3.18. The molecule has 1 aliphatic rings. The Hall–Kier alpha value is -1.66. The smallest absolute Gasteiger partial charge is 0.287 e. The van der Waals surface area contributed by atoms with Crippen LogP contribution in [0.5, 0.6) is 0 Å². The van der Waals surface area contributed by atoms with Gasteiger partial charge in [0.15, 0.2) is 5.76 Å². The SMILES string of the molecule is O=C(NCC(c1ccco1)N1CCSCC1)c1ccco1. The van der Waals surface area contributed by atoms with Gasteiger partial charge in [-0.15, -0.1) is 0 Å². The van der Waals surface area contributed by atoms with Crippen LogP contribution in [0.25, 0.3) is 0 Å². The first-order chi connectivity index (χ1) is 10.3. The molecule has 0 bridgehead atoms. The molecule has 0 saturated carbocycles. The van der Waals surface area contributed by atoms with Gasteiger partial charge in [0, 0.05) is 31.1 Å². The molecule has 6 heteroatoms. The summed E-state index contributed by atoms with van der Waals surface area (Å²) in [5, 5.41) is 2.93. The maximum Gasteiger partial charge on any atom is 0.287 e. The second-order valence-corrected chi connectivity index (χ2v) is 6.09. The largest absolute Gasteiger partial charge is 0.468 e. The van der Waals surface area contributed by atoms with Crippen molar-refractivity contribution in [3.63, 3.8) is 0 Å². The van der Waals surface area contributed by atoms with E-state index in [1.807, 2.05) is 23.9 Å². The fourth-order valence-electron chi connectivity index (χ4n) is 2.46. The summed E-state index contributed by atoms with van der Waals surface area (Å²) in [6.45, 7) is 2.52. The highest BCUT2D eigenvalue weighted by atomic mass is 32.2. The lowest BCUT2D eigenvalue weighted by Gasteiger charge is -2.33. The zero-order valence-electron chi connectivity index (χ0n) is 11.7. The molecule has 3 rings (SSSR count). The predicted octanol–water partition coefficient (Wildman–Crippen LogP) is 2.39. The zero-order valence-corrected chi connectivity index (χ0v) is 12.5. The van der Waals surface area contributed by atoms with Crippen LogP contribution in [-0.4, -0.2) is 41.9 Å². The molecule has 1 aliphatic heterocycles. The summed E-state index contributed by atoms with van der Waals surface area (Å²) >= 11 is 1.96. The number of nitrogens with one attached hydrogen (secondary N) is 1. The monoisotopic (exact) mass is 306 g/mol. The van der Waals surface area contributed by atoms with Crippen molar-refractivity contribution >= 4 is 17.7 Å². The van der Waals surface area contributed by atoms with E-state index in [0.29, 0.717) is 12.3 Å². The minimum atomic E-state index is -0.192. The Morgan fingerprint density at radius 2 is 2.00 bits per heavy atom. The van der Waals surface area contributed by atoms with Crippen LogP contribution in [0, 0.1) is 0 Å². The van der Waals surface area contributed by atoms with E-state index in [2.05, 4.69) is 10.2 Å². The average molecular weight is 306 g/mol. The lowest BCUT2D eigenvalue weighted by Crippen LogP contribution is -2.41. The van der Waals surface area contributed by atoms with Crippen molar-refractivity contribution in [2.75, 3.05) is 31.1 Å². The van der Waals surface area contributed by atoms with Crippen LogP contribution in [0.1, 0.15) is 22.4 Å². The lowest BCUT2D eigenvalue weighted by molar-refractivity contribution is 0.0902. The molecule has 0 radical (unpaired) electrons. The summed E-state index contributed by atoms with van der Waals surface area (Å²) in [6, 6.07) is 7.29. The number of carbonyl (C=O) groups is 1. The van der Waals surface area contributed by atoms with Gasteiger partial charge in [0.25, 0.3) is 5.91 Å². The summed E-state index contributed by atoms with van der Waals surface area (Å²) in [5.41, 5.74) is 0. The fourth-order valence-corrected chi connectivity index (χ4v) is 3.40. The van der Waals surface area contributed by atoms with E-state index in [0.717, 1.165) is 30.4 Å². The summed E-state index contributed by atoms with van der Waals surface area (Å²) in [7, 11) is 0. The molecule has 1 atom stereocenters. The van der Waals surface area contributed by atoms with E-state index >= 15 is 0 Å². The molecule has 1 saturated heterocycles. The lowest BCUT2D eigenvalue weighted by atomic mass is 10.2. The maximum atomic E-state index is 12.0. The Morgan fingerprint density at radius 1 is 1.24 bits per heavy atom. The van der Waals surface area contributed by atoms with Gasteiger partial charge < -0.3 is 14.2 Å². The van der Waals surface area contributed by atoms with Gasteiger partial charge in [0.05, 0.1) is 18.6 Å². The highest BCUT2D eigenvalue weighted by Crippen LogP contribution is 2.24. The van der Waals surface area contributed by atoms with Gasteiger partial charge in [-0.3, -0.25) is 9.69 Å². The highest BCUT2D eigenvalue weighted by molar-refractivity contribution is 7.99. The van der Waals surface area contributed by atoms with Crippen molar-refractivity contribution in [2.24, 2.45) is 0 Å². The van der Waals surface area contributed by atoms with E-state index in [1.54, 1.807) is 18.4 Å². The van der Waals surface area contributed by atoms with Crippen LogP contribution in [0.15, 0.2) is 45.6 Å². The Kier molecular flexibility index (Phi) is 4.67. The van der Waals surface area contributed by atoms with Crippen molar-refractivity contribution in [3.05, 3.63) is 48.3 Å². The van der Waals surface area contributed by atoms with Gasteiger partial charge in [-0.05, 0) is 24.3 Å². The van der Waals surface area contributed by atoms with Crippen LogP contribution in [0.2, 0.25) is 0 Å². The third kappa shape index (κ3) is 3.51. The third-order valence-electron chi connectivity index (χ3n) is 3.56. The number of thioether (sulfide) groups is 1. The number of carbonyl (C=O) groups excluding carboxylic acids is 1. The predicted molar refractivity (Wildman–Crippen MR) is 81.4 cm³/mol. The minimum Gasteiger partial charge on any atom is -0.468 e.